The van der Waals surface area contributed by atoms with Gasteiger partial charge in [0.2, 0.25) is 5.91 Å². The molecule has 1 fully saturated rings. The van der Waals surface area contributed by atoms with E-state index in [2.05, 4.69) is 16.0 Å². The minimum absolute atomic E-state index is 0.0195. The van der Waals surface area contributed by atoms with E-state index in [-0.39, 0.29) is 23.8 Å². The van der Waals surface area contributed by atoms with Gasteiger partial charge < -0.3 is 25.8 Å². The van der Waals surface area contributed by atoms with Crippen LogP contribution in [0.1, 0.15) is 55.5 Å². The summed E-state index contributed by atoms with van der Waals surface area (Å²) < 4.78 is 5.15. The SMILES string of the molecule is COc1ccc(NCCNC(=O)[C@@H]2CCCC[C@@H]2NC(=O)c2ccc(C(C)(C)O)cc2)cc1. The minimum atomic E-state index is -0.955. The van der Waals surface area contributed by atoms with E-state index in [4.69, 9.17) is 4.74 Å². The maximum Gasteiger partial charge on any atom is 0.251 e. The van der Waals surface area contributed by atoms with Gasteiger partial charge in [0, 0.05) is 30.4 Å². The summed E-state index contributed by atoms with van der Waals surface area (Å²) in [5, 5.41) is 19.4. The molecular formula is C26H35N3O4. The third-order valence-corrected chi connectivity index (χ3v) is 6.12. The van der Waals surface area contributed by atoms with Crippen molar-refractivity contribution in [2.75, 3.05) is 25.5 Å². The topological polar surface area (TPSA) is 99.7 Å². The molecule has 0 aliphatic heterocycles. The van der Waals surface area contributed by atoms with Gasteiger partial charge in [-0.25, -0.2) is 0 Å². The number of methoxy groups -OCH3 is 1. The Morgan fingerprint density at radius 2 is 1.67 bits per heavy atom. The van der Waals surface area contributed by atoms with Crippen molar-refractivity contribution in [1.82, 2.24) is 10.6 Å². The Morgan fingerprint density at radius 1 is 1.00 bits per heavy atom. The van der Waals surface area contributed by atoms with E-state index in [1.165, 1.54) is 0 Å². The van der Waals surface area contributed by atoms with Gasteiger partial charge in [0.1, 0.15) is 5.75 Å². The molecule has 0 spiro atoms. The molecule has 1 aliphatic rings. The van der Waals surface area contributed by atoms with Crippen LogP contribution in [0, 0.1) is 5.92 Å². The molecule has 0 radical (unpaired) electrons. The third kappa shape index (κ3) is 6.96. The van der Waals surface area contributed by atoms with Gasteiger partial charge in [0.25, 0.3) is 5.91 Å². The van der Waals surface area contributed by atoms with Gasteiger partial charge in [-0.2, -0.15) is 0 Å². The van der Waals surface area contributed by atoms with Crippen LogP contribution in [0.4, 0.5) is 5.69 Å². The van der Waals surface area contributed by atoms with Crippen LogP contribution in [0.2, 0.25) is 0 Å². The number of aliphatic hydroxyl groups is 1. The lowest BCUT2D eigenvalue weighted by molar-refractivity contribution is -0.126. The summed E-state index contributed by atoms with van der Waals surface area (Å²) in [6.07, 6.45) is 3.52. The smallest absolute Gasteiger partial charge is 0.251 e. The van der Waals surface area contributed by atoms with Crippen molar-refractivity contribution in [3.63, 3.8) is 0 Å². The summed E-state index contributed by atoms with van der Waals surface area (Å²) in [6.45, 7) is 4.52. The molecular weight excluding hydrogens is 418 g/mol. The van der Waals surface area contributed by atoms with Gasteiger partial charge in [-0.05, 0) is 68.7 Å². The molecule has 2 amide bonds. The lowest BCUT2D eigenvalue weighted by atomic mass is 9.83. The Hall–Kier alpha value is -3.06. The number of rotatable bonds is 9. The fourth-order valence-corrected chi connectivity index (χ4v) is 4.13. The Labute approximate surface area is 195 Å². The number of carbonyl (C=O) groups excluding carboxylic acids is 2. The van der Waals surface area contributed by atoms with Crippen LogP contribution in [0.25, 0.3) is 0 Å². The molecule has 0 heterocycles. The zero-order chi connectivity index (χ0) is 23.8. The number of carbonyl (C=O) groups is 2. The van der Waals surface area contributed by atoms with Crippen molar-refractivity contribution >= 4 is 17.5 Å². The highest BCUT2D eigenvalue weighted by Crippen LogP contribution is 2.25. The summed E-state index contributed by atoms with van der Waals surface area (Å²) >= 11 is 0. The molecule has 0 aromatic heterocycles. The fraction of sp³-hybridized carbons (Fsp3) is 0.462. The molecule has 2 aromatic rings. The normalized spacial score (nSPS) is 18.3. The Bertz CT molecular complexity index is 920. The van der Waals surface area contributed by atoms with E-state index in [1.54, 1.807) is 45.2 Å². The predicted octanol–water partition coefficient (Wildman–Crippen LogP) is 3.44. The molecule has 3 rings (SSSR count). The van der Waals surface area contributed by atoms with E-state index < -0.39 is 5.60 Å². The van der Waals surface area contributed by atoms with E-state index in [0.29, 0.717) is 18.7 Å². The summed E-state index contributed by atoms with van der Waals surface area (Å²) in [4.78, 5) is 25.6. The van der Waals surface area contributed by atoms with Crippen LogP contribution in [0.5, 0.6) is 5.75 Å². The van der Waals surface area contributed by atoms with Gasteiger partial charge >= 0.3 is 0 Å². The van der Waals surface area contributed by atoms with Gasteiger partial charge in [-0.1, -0.05) is 25.0 Å². The predicted molar refractivity (Wildman–Crippen MR) is 129 cm³/mol. The van der Waals surface area contributed by atoms with Crippen molar-refractivity contribution in [2.45, 2.75) is 51.2 Å². The molecule has 7 nitrogen and oxygen atoms in total. The second-order valence-electron chi connectivity index (χ2n) is 9.05. The summed E-state index contributed by atoms with van der Waals surface area (Å²) in [5.74, 6) is 0.351. The Morgan fingerprint density at radius 3 is 2.30 bits per heavy atom. The molecule has 2 atom stereocenters. The summed E-state index contributed by atoms with van der Waals surface area (Å²) in [7, 11) is 1.63. The minimum Gasteiger partial charge on any atom is -0.497 e. The van der Waals surface area contributed by atoms with Crippen LogP contribution in [0.15, 0.2) is 48.5 Å². The molecule has 0 saturated heterocycles. The van der Waals surface area contributed by atoms with Crippen molar-refractivity contribution in [1.29, 1.82) is 0 Å². The number of anilines is 1. The monoisotopic (exact) mass is 453 g/mol. The van der Waals surface area contributed by atoms with Crippen LogP contribution in [-0.2, 0) is 10.4 Å². The van der Waals surface area contributed by atoms with Crippen molar-refractivity contribution in [2.24, 2.45) is 5.92 Å². The Kier molecular flexibility index (Phi) is 8.33. The van der Waals surface area contributed by atoms with Gasteiger partial charge in [-0.3, -0.25) is 9.59 Å². The van der Waals surface area contributed by atoms with Gasteiger partial charge in [0.15, 0.2) is 0 Å². The van der Waals surface area contributed by atoms with Crippen molar-refractivity contribution < 1.29 is 19.4 Å². The second-order valence-corrected chi connectivity index (χ2v) is 9.05. The quantitative estimate of drug-likeness (QED) is 0.436. The molecule has 1 aliphatic carbocycles. The van der Waals surface area contributed by atoms with Gasteiger partial charge in [0.05, 0.1) is 18.6 Å². The number of ether oxygens (including phenoxy) is 1. The number of nitrogens with one attached hydrogen (secondary N) is 3. The van der Waals surface area contributed by atoms with E-state index in [0.717, 1.165) is 42.7 Å². The average molecular weight is 454 g/mol. The molecule has 0 bridgehead atoms. The molecule has 2 aromatic carbocycles. The first-order valence-electron chi connectivity index (χ1n) is 11.6. The molecule has 178 valence electrons. The van der Waals surface area contributed by atoms with E-state index >= 15 is 0 Å². The summed E-state index contributed by atoms with van der Waals surface area (Å²) in [5.41, 5.74) is 1.28. The zero-order valence-corrected chi connectivity index (χ0v) is 19.7. The molecule has 4 N–H and O–H groups in total. The first-order chi connectivity index (χ1) is 15.8. The van der Waals surface area contributed by atoms with Crippen molar-refractivity contribution in [3.05, 3.63) is 59.7 Å². The van der Waals surface area contributed by atoms with Crippen LogP contribution >= 0.6 is 0 Å². The van der Waals surface area contributed by atoms with Crippen LogP contribution < -0.4 is 20.7 Å². The lowest BCUT2D eigenvalue weighted by Gasteiger charge is -2.31. The number of hydrogen-bond acceptors (Lipinski definition) is 5. The Balaban J connectivity index is 1.50. The van der Waals surface area contributed by atoms with Gasteiger partial charge in [-0.15, -0.1) is 0 Å². The number of benzene rings is 2. The molecule has 0 unspecified atom stereocenters. The lowest BCUT2D eigenvalue weighted by Crippen LogP contribution is -2.49. The third-order valence-electron chi connectivity index (χ3n) is 6.12. The highest BCUT2D eigenvalue weighted by Gasteiger charge is 2.32. The zero-order valence-electron chi connectivity index (χ0n) is 19.7. The van der Waals surface area contributed by atoms with Crippen LogP contribution in [-0.4, -0.2) is 43.2 Å². The highest BCUT2D eigenvalue weighted by atomic mass is 16.5. The maximum atomic E-state index is 12.8. The molecule has 1 saturated carbocycles. The highest BCUT2D eigenvalue weighted by molar-refractivity contribution is 5.95. The second kappa shape index (κ2) is 11.2. The molecule has 33 heavy (non-hydrogen) atoms. The number of hydrogen-bond donors (Lipinski definition) is 4. The standard InChI is InChI=1S/C26H35N3O4/c1-26(2,32)19-10-8-18(9-11-19)24(30)29-23-7-5-4-6-22(23)25(31)28-17-16-27-20-12-14-21(33-3)15-13-20/h8-15,22-23,27,32H,4-7,16-17H2,1-3H3,(H,28,31)(H,29,30)/t22-,23+/m1/s1. The summed E-state index contributed by atoms with van der Waals surface area (Å²) in [6, 6.07) is 14.4. The largest absolute Gasteiger partial charge is 0.497 e. The average Bonchev–Trinajstić information content (AvgIpc) is 2.82. The maximum absolute atomic E-state index is 12.8. The first kappa shape index (κ1) is 24.6. The number of amides is 2. The van der Waals surface area contributed by atoms with Crippen molar-refractivity contribution in [3.8, 4) is 5.75 Å². The van der Waals surface area contributed by atoms with Crippen LogP contribution in [0.3, 0.4) is 0 Å². The first-order valence-corrected chi connectivity index (χ1v) is 11.6. The fourth-order valence-electron chi connectivity index (χ4n) is 4.13. The van der Waals surface area contributed by atoms with E-state index in [1.807, 2.05) is 24.3 Å². The van der Waals surface area contributed by atoms with E-state index in [9.17, 15) is 14.7 Å². The molecule has 7 heteroatoms.